The molecule has 2 aromatic rings. The molecule has 0 spiro atoms. The summed E-state index contributed by atoms with van der Waals surface area (Å²) in [5, 5.41) is 0. The molecule has 1 aromatic carbocycles. The first kappa shape index (κ1) is 14.3. The lowest BCUT2D eigenvalue weighted by atomic mass is 10.2. The van der Waals surface area contributed by atoms with Gasteiger partial charge in [-0.3, -0.25) is 0 Å². The van der Waals surface area contributed by atoms with Crippen LogP contribution in [0.3, 0.4) is 0 Å². The van der Waals surface area contributed by atoms with E-state index in [4.69, 9.17) is 15.2 Å². The van der Waals surface area contributed by atoms with Gasteiger partial charge in [-0.05, 0) is 37.3 Å². The van der Waals surface area contributed by atoms with Gasteiger partial charge in [-0.1, -0.05) is 15.9 Å². The van der Waals surface area contributed by atoms with E-state index < -0.39 is 5.97 Å². The fourth-order valence-corrected chi connectivity index (χ4v) is 1.80. The maximum Gasteiger partial charge on any atom is 0.340 e. The molecule has 0 amide bonds. The molecule has 1 aromatic heterocycles. The van der Waals surface area contributed by atoms with E-state index in [1.165, 1.54) is 12.3 Å². The second-order valence-electron chi connectivity index (χ2n) is 3.85. The number of ether oxygens (including phenoxy) is 2. The normalized spacial score (nSPS) is 10.1. The first-order valence-electron chi connectivity index (χ1n) is 5.97. The molecule has 6 heteroatoms. The van der Waals surface area contributed by atoms with E-state index in [-0.39, 0.29) is 23.7 Å². The van der Waals surface area contributed by atoms with Crippen LogP contribution in [0.2, 0.25) is 0 Å². The largest absolute Gasteiger partial charge is 0.462 e. The summed E-state index contributed by atoms with van der Waals surface area (Å²) in [4.78, 5) is 15.8. The van der Waals surface area contributed by atoms with E-state index in [2.05, 4.69) is 20.9 Å². The number of hydrogen-bond acceptors (Lipinski definition) is 5. The van der Waals surface area contributed by atoms with Gasteiger partial charge in [0.05, 0.1) is 12.2 Å². The SMILES string of the molecule is CCOC(=O)c1ccnc(Oc2ccc(Br)cc2)c1N. The summed E-state index contributed by atoms with van der Waals surface area (Å²) in [5.41, 5.74) is 6.30. The predicted octanol–water partition coefficient (Wildman–Crippen LogP) is 3.40. The lowest BCUT2D eigenvalue weighted by Gasteiger charge is -2.10. The van der Waals surface area contributed by atoms with Crippen LogP contribution >= 0.6 is 15.9 Å². The van der Waals surface area contributed by atoms with Gasteiger partial charge in [0, 0.05) is 10.7 Å². The Kier molecular flexibility index (Phi) is 4.57. The van der Waals surface area contributed by atoms with E-state index in [1.54, 1.807) is 19.1 Å². The summed E-state index contributed by atoms with van der Waals surface area (Å²) in [7, 11) is 0. The Morgan fingerprint density at radius 1 is 1.30 bits per heavy atom. The number of hydrogen-bond donors (Lipinski definition) is 1. The van der Waals surface area contributed by atoms with Crippen molar-refractivity contribution in [3.8, 4) is 11.6 Å². The predicted molar refractivity (Wildman–Crippen MR) is 78.8 cm³/mol. The number of esters is 1. The van der Waals surface area contributed by atoms with Gasteiger partial charge in [0.1, 0.15) is 11.4 Å². The number of carbonyl (C=O) groups excluding carboxylic acids is 1. The van der Waals surface area contributed by atoms with Gasteiger partial charge in [0.25, 0.3) is 0 Å². The molecule has 0 aliphatic heterocycles. The van der Waals surface area contributed by atoms with E-state index in [0.717, 1.165) is 4.47 Å². The summed E-state index contributed by atoms with van der Waals surface area (Å²) in [6, 6.07) is 8.70. The third-order valence-electron chi connectivity index (χ3n) is 2.48. The standard InChI is InChI=1S/C14H13BrN2O3/c1-2-19-14(18)11-7-8-17-13(12(11)16)20-10-5-3-9(15)4-6-10/h3-8H,2,16H2,1H3. The first-order chi connectivity index (χ1) is 9.61. The summed E-state index contributed by atoms with van der Waals surface area (Å²) < 4.78 is 11.4. The molecular weight excluding hydrogens is 324 g/mol. The van der Waals surface area contributed by atoms with E-state index >= 15 is 0 Å². The van der Waals surface area contributed by atoms with E-state index in [0.29, 0.717) is 5.75 Å². The van der Waals surface area contributed by atoms with Crippen LogP contribution in [0.25, 0.3) is 0 Å². The summed E-state index contributed by atoms with van der Waals surface area (Å²) in [6.45, 7) is 2.01. The average molecular weight is 337 g/mol. The highest BCUT2D eigenvalue weighted by molar-refractivity contribution is 9.10. The fourth-order valence-electron chi connectivity index (χ4n) is 1.54. The minimum Gasteiger partial charge on any atom is -0.462 e. The van der Waals surface area contributed by atoms with Crippen molar-refractivity contribution in [3.05, 3.63) is 46.6 Å². The quantitative estimate of drug-likeness (QED) is 0.866. The van der Waals surface area contributed by atoms with Crippen molar-refractivity contribution in [2.45, 2.75) is 6.92 Å². The monoisotopic (exact) mass is 336 g/mol. The lowest BCUT2D eigenvalue weighted by molar-refractivity contribution is 0.0527. The van der Waals surface area contributed by atoms with Crippen LogP contribution in [0.1, 0.15) is 17.3 Å². The van der Waals surface area contributed by atoms with Crippen LogP contribution in [0, 0.1) is 0 Å². The van der Waals surface area contributed by atoms with Crippen molar-refractivity contribution >= 4 is 27.6 Å². The first-order valence-corrected chi connectivity index (χ1v) is 6.76. The van der Waals surface area contributed by atoms with Gasteiger partial charge >= 0.3 is 5.97 Å². The molecule has 0 aliphatic carbocycles. The van der Waals surface area contributed by atoms with Crippen LogP contribution in [-0.2, 0) is 4.74 Å². The zero-order valence-electron chi connectivity index (χ0n) is 10.8. The minimum absolute atomic E-state index is 0.161. The van der Waals surface area contributed by atoms with Crippen molar-refractivity contribution in [3.63, 3.8) is 0 Å². The highest BCUT2D eigenvalue weighted by Gasteiger charge is 2.15. The molecule has 2 rings (SSSR count). The number of nitrogens with zero attached hydrogens (tertiary/aromatic N) is 1. The third kappa shape index (κ3) is 3.27. The molecule has 2 N–H and O–H groups in total. The van der Waals surface area contributed by atoms with Crippen LogP contribution in [0.5, 0.6) is 11.6 Å². The molecule has 5 nitrogen and oxygen atoms in total. The Morgan fingerprint density at radius 3 is 2.65 bits per heavy atom. The Labute approximate surface area is 124 Å². The molecule has 0 saturated heterocycles. The van der Waals surface area contributed by atoms with Crippen molar-refractivity contribution in [2.75, 3.05) is 12.3 Å². The lowest BCUT2D eigenvalue weighted by Crippen LogP contribution is -2.09. The zero-order chi connectivity index (χ0) is 14.5. The topological polar surface area (TPSA) is 74.4 Å². The highest BCUT2D eigenvalue weighted by Crippen LogP contribution is 2.28. The van der Waals surface area contributed by atoms with Gasteiger partial charge in [-0.15, -0.1) is 0 Å². The van der Waals surface area contributed by atoms with Crippen molar-refractivity contribution in [1.82, 2.24) is 4.98 Å². The molecule has 0 unspecified atom stereocenters. The van der Waals surface area contributed by atoms with Gasteiger partial charge < -0.3 is 15.2 Å². The number of nitrogen functional groups attached to an aromatic ring is 1. The number of carbonyl (C=O) groups is 1. The molecule has 104 valence electrons. The van der Waals surface area contributed by atoms with Crippen LogP contribution in [0.15, 0.2) is 41.0 Å². The van der Waals surface area contributed by atoms with Gasteiger partial charge in [0.15, 0.2) is 0 Å². The van der Waals surface area contributed by atoms with Crippen LogP contribution in [-0.4, -0.2) is 17.6 Å². The molecule has 1 heterocycles. The van der Waals surface area contributed by atoms with E-state index in [1.807, 2.05) is 12.1 Å². The van der Waals surface area contributed by atoms with Crippen LogP contribution < -0.4 is 10.5 Å². The molecule has 0 fully saturated rings. The van der Waals surface area contributed by atoms with E-state index in [9.17, 15) is 4.79 Å². The number of anilines is 1. The van der Waals surface area contributed by atoms with Crippen molar-refractivity contribution in [1.29, 1.82) is 0 Å². The molecule has 0 aliphatic rings. The number of nitrogens with two attached hydrogens (primary N) is 1. The third-order valence-corrected chi connectivity index (χ3v) is 3.01. The number of halogens is 1. The maximum atomic E-state index is 11.7. The smallest absolute Gasteiger partial charge is 0.340 e. The molecule has 20 heavy (non-hydrogen) atoms. The number of pyridine rings is 1. The van der Waals surface area contributed by atoms with Crippen molar-refractivity contribution in [2.24, 2.45) is 0 Å². The summed E-state index contributed by atoms with van der Waals surface area (Å²) >= 11 is 3.34. The molecule has 0 radical (unpaired) electrons. The summed E-state index contributed by atoms with van der Waals surface area (Å²) in [5.74, 6) is 0.263. The Bertz CT molecular complexity index is 614. The zero-order valence-corrected chi connectivity index (χ0v) is 12.4. The number of rotatable bonds is 4. The summed E-state index contributed by atoms with van der Waals surface area (Å²) in [6.07, 6.45) is 1.46. The Balaban J connectivity index is 2.26. The fraction of sp³-hybridized carbons (Fsp3) is 0.143. The second kappa shape index (κ2) is 6.38. The number of benzene rings is 1. The Hall–Kier alpha value is -2.08. The minimum atomic E-state index is -0.493. The van der Waals surface area contributed by atoms with Gasteiger partial charge in [0.2, 0.25) is 5.88 Å². The van der Waals surface area contributed by atoms with Crippen LogP contribution in [0.4, 0.5) is 5.69 Å². The molecule has 0 atom stereocenters. The average Bonchev–Trinajstić information content (AvgIpc) is 2.44. The molecule has 0 saturated carbocycles. The maximum absolute atomic E-state index is 11.7. The number of aromatic nitrogens is 1. The Morgan fingerprint density at radius 2 is 2.00 bits per heavy atom. The van der Waals surface area contributed by atoms with Gasteiger partial charge in [-0.25, -0.2) is 9.78 Å². The van der Waals surface area contributed by atoms with Crippen molar-refractivity contribution < 1.29 is 14.3 Å². The molecule has 0 bridgehead atoms. The second-order valence-corrected chi connectivity index (χ2v) is 4.77. The molecular formula is C14H13BrN2O3. The van der Waals surface area contributed by atoms with Gasteiger partial charge in [-0.2, -0.15) is 0 Å². The highest BCUT2D eigenvalue weighted by atomic mass is 79.9.